The first-order valence-corrected chi connectivity index (χ1v) is 15.1. The van der Waals surface area contributed by atoms with Crippen molar-refractivity contribution < 1.29 is 18.0 Å². The number of hydrogen-bond acceptors (Lipinski definition) is 4. The Morgan fingerprint density at radius 1 is 0.850 bits per heavy atom. The molecule has 0 saturated heterocycles. The lowest BCUT2D eigenvalue weighted by atomic mass is 10.1. The van der Waals surface area contributed by atoms with E-state index < -0.39 is 28.5 Å². The van der Waals surface area contributed by atoms with Gasteiger partial charge in [-0.25, -0.2) is 8.42 Å². The van der Waals surface area contributed by atoms with Gasteiger partial charge in [0.25, 0.3) is 10.0 Å². The third-order valence-electron chi connectivity index (χ3n) is 6.46. The zero-order valence-corrected chi connectivity index (χ0v) is 25.9. The van der Waals surface area contributed by atoms with Crippen molar-refractivity contribution in [3.8, 4) is 0 Å². The summed E-state index contributed by atoms with van der Waals surface area (Å²) >= 11 is 12.3. The van der Waals surface area contributed by atoms with Crippen LogP contribution in [0.25, 0.3) is 0 Å². The van der Waals surface area contributed by atoms with Gasteiger partial charge in [0.05, 0.1) is 20.6 Å². The number of sulfonamides is 1. The van der Waals surface area contributed by atoms with Crippen LogP contribution < -0.4 is 9.62 Å². The van der Waals surface area contributed by atoms with Gasteiger partial charge in [-0.3, -0.25) is 13.9 Å². The van der Waals surface area contributed by atoms with E-state index in [1.807, 2.05) is 39.8 Å². The lowest BCUT2D eigenvalue weighted by molar-refractivity contribution is -0.139. The van der Waals surface area contributed by atoms with Crippen LogP contribution in [0.2, 0.25) is 10.0 Å². The number of hydrogen-bond donors (Lipinski definition) is 1. The highest BCUT2D eigenvalue weighted by molar-refractivity contribution is 7.92. The highest BCUT2D eigenvalue weighted by Crippen LogP contribution is 2.29. The van der Waals surface area contributed by atoms with Gasteiger partial charge in [0.1, 0.15) is 12.6 Å². The molecule has 1 atom stereocenters. The van der Waals surface area contributed by atoms with Crippen molar-refractivity contribution in [1.82, 2.24) is 10.2 Å². The fraction of sp³-hybridized carbons (Fsp3) is 0.333. The summed E-state index contributed by atoms with van der Waals surface area (Å²) in [7, 11) is -4.14. The van der Waals surface area contributed by atoms with Gasteiger partial charge < -0.3 is 10.2 Å². The number of nitrogens with zero attached hydrogens (tertiary/aromatic N) is 2. The minimum Gasteiger partial charge on any atom is -0.352 e. The Kier molecular flexibility index (Phi) is 10.3. The number of carbonyl (C=O) groups excluding carboxylic acids is 2. The van der Waals surface area contributed by atoms with E-state index in [0.717, 1.165) is 15.4 Å². The summed E-state index contributed by atoms with van der Waals surface area (Å²) in [5.74, 6) is -0.905. The second-order valence-electron chi connectivity index (χ2n) is 10.2. The minimum atomic E-state index is -4.14. The van der Waals surface area contributed by atoms with Crippen molar-refractivity contribution in [2.45, 2.75) is 65.1 Å². The van der Waals surface area contributed by atoms with Crippen molar-refractivity contribution in [3.05, 3.63) is 93.0 Å². The lowest BCUT2D eigenvalue weighted by Crippen LogP contribution is -2.52. The molecule has 3 rings (SSSR count). The standard InChI is InChI=1S/C30H35Cl2N3O4S/c1-19(2)33-30(37)23(6)34(17-24-11-14-26(31)27(32)16-24)29(36)18-35(28-15-21(4)7-10-22(28)5)40(38,39)25-12-8-20(3)9-13-25/h7-16,19,23H,17-18H2,1-6H3,(H,33,37)/t23-/m0/s1. The highest BCUT2D eigenvalue weighted by atomic mass is 35.5. The molecule has 214 valence electrons. The Morgan fingerprint density at radius 3 is 2.08 bits per heavy atom. The highest BCUT2D eigenvalue weighted by Gasteiger charge is 2.33. The normalized spacial score (nSPS) is 12.2. The maximum absolute atomic E-state index is 14.0. The maximum atomic E-state index is 14.0. The van der Waals surface area contributed by atoms with E-state index in [2.05, 4.69) is 5.32 Å². The largest absolute Gasteiger partial charge is 0.352 e. The molecule has 0 radical (unpaired) electrons. The maximum Gasteiger partial charge on any atom is 0.264 e. The number of nitrogens with one attached hydrogen (secondary N) is 1. The first-order valence-electron chi connectivity index (χ1n) is 12.9. The van der Waals surface area contributed by atoms with E-state index in [1.165, 1.54) is 17.0 Å². The van der Waals surface area contributed by atoms with Crippen molar-refractivity contribution in [2.24, 2.45) is 0 Å². The van der Waals surface area contributed by atoms with E-state index in [1.54, 1.807) is 50.2 Å². The molecule has 0 spiro atoms. The van der Waals surface area contributed by atoms with Crippen LogP contribution >= 0.6 is 23.2 Å². The quantitative estimate of drug-likeness (QED) is 0.305. The monoisotopic (exact) mass is 603 g/mol. The van der Waals surface area contributed by atoms with Gasteiger partial charge >= 0.3 is 0 Å². The number of carbonyl (C=O) groups is 2. The number of aryl methyl sites for hydroxylation is 3. The van der Waals surface area contributed by atoms with Crippen LogP contribution in [0, 0.1) is 20.8 Å². The van der Waals surface area contributed by atoms with Gasteiger partial charge in [-0.15, -0.1) is 0 Å². The topological polar surface area (TPSA) is 86.8 Å². The second kappa shape index (κ2) is 13.1. The summed E-state index contributed by atoms with van der Waals surface area (Å²) in [5.41, 5.74) is 3.48. The van der Waals surface area contributed by atoms with E-state index >= 15 is 0 Å². The summed E-state index contributed by atoms with van der Waals surface area (Å²) in [6, 6.07) is 15.8. The summed E-state index contributed by atoms with van der Waals surface area (Å²) in [5, 5.41) is 3.51. The Balaban J connectivity index is 2.09. The molecule has 0 heterocycles. The van der Waals surface area contributed by atoms with Crippen LogP contribution in [0.4, 0.5) is 5.69 Å². The molecule has 0 aromatic heterocycles. The fourth-order valence-corrected chi connectivity index (χ4v) is 5.95. The number of halogens is 2. The molecule has 3 aromatic rings. The molecular weight excluding hydrogens is 569 g/mol. The molecule has 0 aliphatic rings. The molecule has 10 heteroatoms. The molecular formula is C30H35Cl2N3O4S. The molecule has 0 bridgehead atoms. The molecule has 1 N–H and O–H groups in total. The minimum absolute atomic E-state index is 0.0215. The molecule has 0 fully saturated rings. The van der Waals surface area contributed by atoms with Crippen molar-refractivity contribution in [1.29, 1.82) is 0 Å². The Hall–Kier alpha value is -3.07. The summed E-state index contributed by atoms with van der Waals surface area (Å²) in [6.07, 6.45) is 0. The molecule has 2 amide bonds. The Bertz CT molecular complexity index is 1490. The first kappa shape index (κ1) is 31.5. The molecule has 3 aromatic carbocycles. The second-order valence-corrected chi connectivity index (χ2v) is 12.9. The SMILES string of the molecule is Cc1ccc(S(=O)(=O)N(CC(=O)N(Cc2ccc(Cl)c(Cl)c2)[C@@H](C)C(=O)NC(C)C)c2cc(C)ccc2C)cc1. The number of anilines is 1. The van der Waals surface area contributed by atoms with E-state index in [-0.39, 0.29) is 23.4 Å². The lowest BCUT2D eigenvalue weighted by Gasteiger charge is -2.33. The zero-order chi connectivity index (χ0) is 29.8. The first-order chi connectivity index (χ1) is 18.7. The van der Waals surface area contributed by atoms with E-state index in [0.29, 0.717) is 26.9 Å². The zero-order valence-electron chi connectivity index (χ0n) is 23.5. The van der Waals surface area contributed by atoms with Gasteiger partial charge in [0.2, 0.25) is 11.8 Å². The van der Waals surface area contributed by atoms with Gasteiger partial charge in [0.15, 0.2) is 0 Å². The van der Waals surface area contributed by atoms with Crippen molar-refractivity contribution in [2.75, 3.05) is 10.8 Å². The average Bonchev–Trinajstić information content (AvgIpc) is 2.88. The fourth-order valence-electron chi connectivity index (χ4n) is 4.16. The molecule has 0 aliphatic heterocycles. The average molecular weight is 605 g/mol. The molecule has 0 unspecified atom stereocenters. The predicted octanol–water partition coefficient (Wildman–Crippen LogP) is 6.06. The van der Waals surface area contributed by atoms with Gasteiger partial charge in [-0.1, -0.05) is 59.1 Å². The molecule has 40 heavy (non-hydrogen) atoms. The van der Waals surface area contributed by atoms with Gasteiger partial charge in [-0.05, 0) is 88.6 Å². The Morgan fingerprint density at radius 2 is 1.48 bits per heavy atom. The summed E-state index contributed by atoms with van der Waals surface area (Å²) < 4.78 is 29.1. The number of amides is 2. The van der Waals surface area contributed by atoms with Crippen LogP contribution in [0.1, 0.15) is 43.0 Å². The smallest absolute Gasteiger partial charge is 0.264 e. The van der Waals surface area contributed by atoms with Crippen LogP contribution in [-0.2, 0) is 26.2 Å². The van der Waals surface area contributed by atoms with Crippen LogP contribution in [0.5, 0.6) is 0 Å². The summed E-state index contributed by atoms with van der Waals surface area (Å²) in [6.45, 7) is 10.3. The number of benzene rings is 3. The molecule has 7 nitrogen and oxygen atoms in total. The van der Waals surface area contributed by atoms with Crippen LogP contribution in [0.15, 0.2) is 65.6 Å². The van der Waals surface area contributed by atoms with Crippen molar-refractivity contribution >= 4 is 50.7 Å². The van der Waals surface area contributed by atoms with Gasteiger partial charge in [-0.2, -0.15) is 0 Å². The molecule has 0 saturated carbocycles. The third-order valence-corrected chi connectivity index (χ3v) is 8.97. The van der Waals surface area contributed by atoms with Crippen molar-refractivity contribution in [3.63, 3.8) is 0 Å². The third kappa shape index (κ3) is 7.56. The van der Waals surface area contributed by atoms with E-state index in [4.69, 9.17) is 23.2 Å². The Labute approximate surface area is 247 Å². The number of rotatable bonds is 10. The van der Waals surface area contributed by atoms with Crippen LogP contribution in [-0.4, -0.2) is 43.8 Å². The predicted molar refractivity (Wildman–Crippen MR) is 161 cm³/mol. The summed E-state index contributed by atoms with van der Waals surface area (Å²) in [4.78, 5) is 28.5. The van der Waals surface area contributed by atoms with Gasteiger partial charge in [0, 0.05) is 12.6 Å². The van der Waals surface area contributed by atoms with Crippen LogP contribution in [0.3, 0.4) is 0 Å². The van der Waals surface area contributed by atoms with E-state index in [9.17, 15) is 18.0 Å². The molecule has 0 aliphatic carbocycles.